The molecule has 0 aromatic heterocycles. The Morgan fingerprint density at radius 3 is 2.36 bits per heavy atom. The summed E-state index contributed by atoms with van der Waals surface area (Å²) in [5.74, 6) is 0. The molecule has 0 aliphatic heterocycles. The van der Waals surface area contributed by atoms with E-state index in [4.69, 9.17) is 0 Å². The molecule has 79 valence electrons. The molecular formula is C11H22NSnZr. The van der Waals surface area contributed by atoms with E-state index in [1.54, 1.807) is 0 Å². The van der Waals surface area contributed by atoms with Crippen molar-refractivity contribution >= 4 is 15.2 Å². The van der Waals surface area contributed by atoms with E-state index >= 15 is 0 Å². The van der Waals surface area contributed by atoms with Gasteiger partial charge in [-0.25, -0.2) is 0 Å². The zero-order valence-electron chi connectivity index (χ0n) is 10.0. The molecule has 0 unspecified atom stereocenters. The normalized spacial score (nSPS) is 16.3. The van der Waals surface area contributed by atoms with Gasteiger partial charge in [0.2, 0.25) is 0 Å². The monoisotopic (exact) mass is 378 g/mol. The Balaban J connectivity index is 2.66. The molecule has 1 N–H and O–H groups in total. The van der Waals surface area contributed by atoms with Crippen LogP contribution in [-0.2, 0) is 17.9 Å². The molecule has 0 heterocycles. The van der Waals surface area contributed by atoms with Gasteiger partial charge in [0.25, 0.3) is 0 Å². The molecule has 0 saturated carbocycles. The van der Waals surface area contributed by atoms with Crippen molar-refractivity contribution in [3.05, 3.63) is 21.5 Å². The Bertz CT molecular complexity index is 251. The third-order valence-corrected chi connectivity index (χ3v) is 38.4. The second-order valence-electron chi connectivity index (χ2n) is 5.27. The van der Waals surface area contributed by atoms with Crippen LogP contribution in [0.4, 0.5) is 0 Å². The SMILES string of the molecule is [CH3][SnH]([CH3])[Zr]([NH]C(C)(C)C)[C]1=CC=CC1. The first kappa shape index (κ1) is 13.2. The predicted molar refractivity (Wildman–Crippen MR) is 63.6 cm³/mol. The van der Waals surface area contributed by atoms with Crippen LogP contribution in [0.2, 0.25) is 9.88 Å². The van der Waals surface area contributed by atoms with E-state index in [0.29, 0.717) is 5.54 Å². The average molecular weight is 378 g/mol. The molecule has 0 radical (unpaired) electrons. The average Bonchev–Trinajstić information content (AvgIpc) is 2.49. The first-order valence-electron chi connectivity index (χ1n) is 5.41. The van der Waals surface area contributed by atoms with Crippen LogP contribution in [0.15, 0.2) is 21.5 Å². The van der Waals surface area contributed by atoms with Crippen LogP contribution in [0.1, 0.15) is 27.2 Å². The fraction of sp³-hybridized carbons (Fsp3) is 0.636. The topological polar surface area (TPSA) is 12.0 Å². The van der Waals surface area contributed by atoms with Gasteiger partial charge in [-0.2, -0.15) is 0 Å². The molecule has 1 rings (SSSR count). The maximum atomic E-state index is 3.98. The van der Waals surface area contributed by atoms with E-state index in [0.717, 1.165) is 0 Å². The third-order valence-electron chi connectivity index (χ3n) is 2.20. The fourth-order valence-electron chi connectivity index (χ4n) is 1.65. The van der Waals surface area contributed by atoms with Gasteiger partial charge >= 0.3 is 100 Å². The first-order valence-corrected chi connectivity index (χ1v) is 25.6. The number of allylic oxidation sites excluding steroid dienone is 4. The summed E-state index contributed by atoms with van der Waals surface area (Å²) in [5.41, 5.74) is 0.333. The number of hydrogen-bond donors (Lipinski definition) is 1. The van der Waals surface area contributed by atoms with Gasteiger partial charge in [-0.05, 0) is 0 Å². The Morgan fingerprint density at radius 1 is 1.36 bits per heavy atom. The molecule has 0 aromatic rings. The van der Waals surface area contributed by atoms with Crippen molar-refractivity contribution in [2.24, 2.45) is 0 Å². The number of hydrogen-bond acceptors (Lipinski definition) is 1. The van der Waals surface area contributed by atoms with Crippen LogP contribution < -0.4 is 3.26 Å². The zero-order chi connectivity index (χ0) is 10.8. The minimum absolute atomic E-state index is 0.333. The summed E-state index contributed by atoms with van der Waals surface area (Å²) in [6.45, 7) is 6.93. The Morgan fingerprint density at radius 2 is 2.00 bits per heavy atom. The Kier molecular flexibility index (Phi) is 5.13. The van der Waals surface area contributed by atoms with Crippen molar-refractivity contribution in [2.75, 3.05) is 0 Å². The molecule has 3 heteroatoms. The van der Waals surface area contributed by atoms with Gasteiger partial charge in [-0.15, -0.1) is 0 Å². The summed E-state index contributed by atoms with van der Waals surface area (Å²) in [4.78, 5) is 5.16. The molecule has 0 aromatic carbocycles. The van der Waals surface area contributed by atoms with Gasteiger partial charge in [0.05, 0.1) is 0 Å². The third kappa shape index (κ3) is 4.32. The van der Waals surface area contributed by atoms with Gasteiger partial charge in [0.15, 0.2) is 0 Å². The second kappa shape index (κ2) is 5.45. The summed E-state index contributed by atoms with van der Waals surface area (Å²) in [7, 11) is 0. The number of rotatable bonds is 3. The van der Waals surface area contributed by atoms with Crippen molar-refractivity contribution in [3.63, 3.8) is 0 Å². The summed E-state index contributed by atoms with van der Waals surface area (Å²) < 4.78 is 5.79. The quantitative estimate of drug-likeness (QED) is 0.745. The van der Waals surface area contributed by atoms with Crippen LogP contribution in [0, 0.1) is 0 Å². The van der Waals surface area contributed by atoms with Crippen molar-refractivity contribution in [1.29, 1.82) is 0 Å². The van der Waals surface area contributed by atoms with Crippen LogP contribution in [-0.4, -0.2) is 20.8 Å². The van der Waals surface area contributed by atoms with Crippen molar-refractivity contribution < 1.29 is 17.9 Å². The molecule has 1 aliphatic carbocycles. The van der Waals surface area contributed by atoms with E-state index in [1.807, 2.05) is 3.28 Å². The van der Waals surface area contributed by atoms with Crippen molar-refractivity contribution in [2.45, 2.75) is 42.6 Å². The standard InChI is InChI=1S/C5H5.C4H10N.2CH3.Sn.Zr.H/c1-2-4-5-3-1;1-4(2,3)5;;;;;/h1-3H,4H2;5H,1-3H3;2*1H3;;;/q;-1;;;;+1;. The summed E-state index contributed by atoms with van der Waals surface area (Å²) in [6, 6.07) is 0. The van der Waals surface area contributed by atoms with E-state index in [2.05, 4.69) is 52.1 Å². The molecule has 1 nitrogen and oxygen atoms in total. The molecular weight excluding hydrogens is 356 g/mol. The van der Waals surface area contributed by atoms with Gasteiger partial charge in [0, 0.05) is 0 Å². The Labute approximate surface area is 99.4 Å². The molecule has 0 bridgehead atoms. The van der Waals surface area contributed by atoms with E-state index in [9.17, 15) is 0 Å². The van der Waals surface area contributed by atoms with Gasteiger partial charge in [-0.3, -0.25) is 0 Å². The van der Waals surface area contributed by atoms with Crippen molar-refractivity contribution in [3.8, 4) is 0 Å². The van der Waals surface area contributed by atoms with Gasteiger partial charge in [-0.1, -0.05) is 0 Å². The molecule has 0 saturated heterocycles. The van der Waals surface area contributed by atoms with Crippen LogP contribution >= 0.6 is 0 Å². The van der Waals surface area contributed by atoms with Crippen molar-refractivity contribution in [1.82, 2.24) is 3.26 Å². The molecule has 0 amide bonds. The maximum absolute atomic E-state index is 3.98. The summed E-state index contributed by atoms with van der Waals surface area (Å²) >= 11 is -2.46. The first-order chi connectivity index (χ1) is 6.40. The molecule has 0 atom stereocenters. The summed E-state index contributed by atoms with van der Waals surface area (Å²) in [5, 5.41) is 0. The van der Waals surface area contributed by atoms with E-state index in [1.165, 1.54) is 6.42 Å². The number of nitrogens with one attached hydrogen (secondary N) is 1. The van der Waals surface area contributed by atoms with Crippen LogP contribution in [0.5, 0.6) is 0 Å². The van der Waals surface area contributed by atoms with E-state index < -0.39 is 33.1 Å². The van der Waals surface area contributed by atoms with Gasteiger partial charge in [0.1, 0.15) is 0 Å². The fourth-order valence-corrected chi connectivity index (χ4v) is 36.4. The van der Waals surface area contributed by atoms with Crippen LogP contribution in [0.25, 0.3) is 0 Å². The predicted octanol–water partition coefficient (Wildman–Crippen LogP) is 2.73. The summed E-state index contributed by atoms with van der Waals surface area (Å²) in [6.07, 6.45) is 8.21. The van der Waals surface area contributed by atoms with E-state index in [-0.39, 0.29) is 0 Å². The zero-order valence-corrected chi connectivity index (χ0v) is 15.8. The molecule has 0 spiro atoms. The molecule has 14 heavy (non-hydrogen) atoms. The van der Waals surface area contributed by atoms with Gasteiger partial charge < -0.3 is 0 Å². The minimum atomic E-state index is -1.33. The Hall–Kier alpha value is 1.12. The molecule has 1 aliphatic rings. The second-order valence-corrected chi connectivity index (χ2v) is 44.9. The van der Waals surface area contributed by atoms with Crippen LogP contribution in [0.3, 0.4) is 0 Å². The molecule has 0 fully saturated rings.